The monoisotopic (exact) mass is 300 g/mol. The molecule has 0 spiro atoms. The maximum Gasteiger partial charge on any atom is 0.239 e. The Labute approximate surface area is 119 Å². The predicted octanol–water partition coefficient (Wildman–Crippen LogP) is -0.235. The van der Waals surface area contributed by atoms with Crippen LogP contribution in [0.2, 0.25) is 0 Å². The summed E-state index contributed by atoms with van der Waals surface area (Å²) in [6, 6.07) is 5.71. The highest BCUT2D eigenvalue weighted by Gasteiger charge is 2.19. The highest BCUT2D eigenvalue weighted by Crippen LogP contribution is 2.11. The van der Waals surface area contributed by atoms with Crippen molar-refractivity contribution in [2.24, 2.45) is 5.73 Å². The molecule has 112 valence electrons. The Balaban J connectivity index is 2.55. The molecule has 1 aromatic rings. The Hall–Kier alpha value is -1.60. The van der Waals surface area contributed by atoms with Crippen LogP contribution in [0.15, 0.2) is 24.3 Å². The molecule has 0 saturated carbocycles. The van der Waals surface area contributed by atoms with Gasteiger partial charge in [0, 0.05) is 19.8 Å². The van der Waals surface area contributed by atoms with Crippen molar-refractivity contribution in [3.05, 3.63) is 29.8 Å². The van der Waals surface area contributed by atoms with Crippen LogP contribution in [0.1, 0.15) is 5.56 Å². The third-order valence-electron chi connectivity index (χ3n) is 2.88. The molecule has 0 fully saturated rings. The van der Waals surface area contributed by atoms with Crippen molar-refractivity contribution in [1.29, 1.82) is 0 Å². The molecule has 1 aromatic carbocycles. The minimum atomic E-state index is -3.10. The summed E-state index contributed by atoms with van der Waals surface area (Å²) in [6.07, 6.45) is 1.46. The van der Waals surface area contributed by atoms with Gasteiger partial charge >= 0.3 is 0 Å². The number of hydrogen-bond donors (Lipinski definition) is 2. The zero-order valence-corrected chi connectivity index (χ0v) is 12.4. The molecule has 0 unspecified atom stereocenters. The third-order valence-corrected chi connectivity index (χ3v) is 3.81. The summed E-state index contributed by atoms with van der Waals surface area (Å²) in [5.74, 6) is -0.234. The van der Waals surface area contributed by atoms with Gasteiger partial charge in [-0.25, -0.2) is 8.42 Å². The largest absolute Gasteiger partial charge is 0.508 e. The maximum absolute atomic E-state index is 12.0. The summed E-state index contributed by atoms with van der Waals surface area (Å²) >= 11 is 0. The van der Waals surface area contributed by atoms with Crippen LogP contribution >= 0.6 is 0 Å². The second kappa shape index (κ2) is 6.71. The molecular weight excluding hydrogens is 280 g/mol. The number of nitrogens with zero attached hydrogens (tertiary/aromatic N) is 1. The van der Waals surface area contributed by atoms with Crippen LogP contribution in [0, 0.1) is 0 Å². The van der Waals surface area contributed by atoms with Gasteiger partial charge in [0.25, 0.3) is 0 Å². The molecule has 0 radical (unpaired) electrons. The van der Waals surface area contributed by atoms with E-state index in [4.69, 9.17) is 5.73 Å². The number of rotatable bonds is 6. The van der Waals surface area contributed by atoms with Gasteiger partial charge in [-0.15, -0.1) is 0 Å². The molecule has 6 nitrogen and oxygen atoms in total. The van der Waals surface area contributed by atoms with Gasteiger partial charge in [0.15, 0.2) is 0 Å². The molecule has 0 heterocycles. The minimum absolute atomic E-state index is 0.0822. The van der Waals surface area contributed by atoms with E-state index in [1.54, 1.807) is 12.1 Å². The Morgan fingerprint density at radius 2 is 1.90 bits per heavy atom. The summed E-state index contributed by atoms with van der Waals surface area (Å²) in [5.41, 5.74) is 6.66. The first-order valence-corrected chi connectivity index (χ1v) is 8.21. The van der Waals surface area contributed by atoms with Crippen molar-refractivity contribution in [3.63, 3.8) is 0 Å². The maximum atomic E-state index is 12.0. The normalized spacial score (nSPS) is 12.9. The van der Waals surface area contributed by atoms with E-state index in [0.717, 1.165) is 11.8 Å². The van der Waals surface area contributed by atoms with Crippen LogP contribution in [0.5, 0.6) is 5.75 Å². The average molecular weight is 300 g/mol. The lowest BCUT2D eigenvalue weighted by atomic mass is 10.1. The van der Waals surface area contributed by atoms with Gasteiger partial charge in [-0.3, -0.25) is 4.79 Å². The highest BCUT2D eigenvalue weighted by molar-refractivity contribution is 7.90. The van der Waals surface area contributed by atoms with Crippen molar-refractivity contribution in [1.82, 2.24) is 4.90 Å². The van der Waals surface area contributed by atoms with Crippen LogP contribution in [-0.4, -0.2) is 56.0 Å². The number of amides is 1. The third kappa shape index (κ3) is 5.58. The van der Waals surface area contributed by atoms with Crippen molar-refractivity contribution >= 4 is 15.7 Å². The van der Waals surface area contributed by atoms with Crippen LogP contribution < -0.4 is 5.73 Å². The summed E-state index contributed by atoms with van der Waals surface area (Å²) in [4.78, 5) is 13.3. The zero-order valence-electron chi connectivity index (χ0n) is 11.6. The van der Waals surface area contributed by atoms with Crippen molar-refractivity contribution < 1.29 is 18.3 Å². The molecule has 3 N–H and O–H groups in total. The lowest BCUT2D eigenvalue weighted by Crippen LogP contribution is -2.44. The fourth-order valence-electron chi connectivity index (χ4n) is 1.67. The van der Waals surface area contributed by atoms with E-state index in [0.29, 0.717) is 6.42 Å². The molecule has 1 amide bonds. The number of phenolic OH excluding ortho intramolecular Hbond substituents is 1. The van der Waals surface area contributed by atoms with Gasteiger partial charge in [-0.2, -0.15) is 0 Å². The molecule has 1 atom stereocenters. The van der Waals surface area contributed by atoms with Crippen LogP contribution in [0.25, 0.3) is 0 Å². The minimum Gasteiger partial charge on any atom is -0.508 e. The van der Waals surface area contributed by atoms with E-state index < -0.39 is 15.9 Å². The number of sulfone groups is 1. The molecule has 0 aliphatic carbocycles. The lowest BCUT2D eigenvalue weighted by Gasteiger charge is -2.21. The van der Waals surface area contributed by atoms with E-state index in [2.05, 4.69) is 0 Å². The highest BCUT2D eigenvalue weighted by atomic mass is 32.2. The van der Waals surface area contributed by atoms with E-state index in [1.165, 1.54) is 24.1 Å². The van der Waals surface area contributed by atoms with Gasteiger partial charge in [0.2, 0.25) is 5.91 Å². The molecule has 7 heteroatoms. The van der Waals surface area contributed by atoms with Crippen LogP contribution in [0.3, 0.4) is 0 Å². The number of phenols is 1. The smallest absolute Gasteiger partial charge is 0.239 e. The van der Waals surface area contributed by atoms with Gasteiger partial charge in [-0.1, -0.05) is 12.1 Å². The molecule has 0 aliphatic rings. The van der Waals surface area contributed by atoms with Crippen LogP contribution in [-0.2, 0) is 21.1 Å². The summed E-state index contributed by atoms with van der Waals surface area (Å²) in [7, 11) is -1.57. The number of likely N-dealkylation sites (N-methyl/N-ethyl adjacent to an activating group) is 1. The first kappa shape index (κ1) is 16.5. The lowest BCUT2D eigenvalue weighted by molar-refractivity contribution is -0.131. The predicted molar refractivity (Wildman–Crippen MR) is 77.1 cm³/mol. The summed E-state index contributed by atoms with van der Waals surface area (Å²) < 4.78 is 22.1. The Morgan fingerprint density at radius 3 is 2.40 bits per heavy atom. The molecule has 0 aliphatic heterocycles. The van der Waals surface area contributed by atoms with Crippen molar-refractivity contribution in [2.45, 2.75) is 12.5 Å². The molecule has 0 aromatic heterocycles. The number of aromatic hydroxyl groups is 1. The number of nitrogens with two attached hydrogens (primary N) is 1. The zero-order chi connectivity index (χ0) is 15.3. The van der Waals surface area contributed by atoms with Gasteiger partial charge in [0.1, 0.15) is 15.6 Å². The molecular formula is C13H20N2O4S. The van der Waals surface area contributed by atoms with Crippen LogP contribution in [0.4, 0.5) is 0 Å². The first-order valence-electron chi connectivity index (χ1n) is 6.15. The molecule has 1 rings (SSSR count). The Kier molecular flexibility index (Phi) is 5.52. The molecule has 20 heavy (non-hydrogen) atoms. The first-order chi connectivity index (χ1) is 9.19. The SMILES string of the molecule is CN(CCS(C)(=O)=O)C(=O)[C@@H](N)Cc1ccc(O)cc1. The standard InChI is InChI=1S/C13H20N2O4S/c1-15(7-8-20(2,18)19)13(17)12(14)9-10-3-5-11(16)6-4-10/h3-6,12,16H,7-9,14H2,1-2H3/t12-/m0/s1. The number of carbonyl (C=O) groups is 1. The molecule has 0 saturated heterocycles. The number of carbonyl (C=O) groups excluding carboxylic acids is 1. The van der Waals surface area contributed by atoms with E-state index >= 15 is 0 Å². The Morgan fingerprint density at radius 1 is 1.35 bits per heavy atom. The fraction of sp³-hybridized carbons (Fsp3) is 0.462. The quantitative estimate of drug-likeness (QED) is 0.755. The average Bonchev–Trinajstić information content (AvgIpc) is 2.36. The van der Waals surface area contributed by atoms with Gasteiger partial charge < -0.3 is 15.7 Å². The molecule has 0 bridgehead atoms. The second-order valence-electron chi connectivity index (χ2n) is 4.87. The van der Waals surface area contributed by atoms with Gasteiger partial charge in [-0.05, 0) is 24.1 Å². The van der Waals surface area contributed by atoms with Crippen molar-refractivity contribution in [2.75, 3.05) is 25.6 Å². The second-order valence-corrected chi connectivity index (χ2v) is 7.13. The number of benzene rings is 1. The van der Waals surface area contributed by atoms with E-state index in [-0.39, 0.29) is 24.0 Å². The van der Waals surface area contributed by atoms with E-state index in [1.807, 2.05) is 0 Å². The van der Waals surface area contributed by atoms with Gasteiger partial charge in [0.05, 0.1) is 11.8 Å². The Bertz CT molecular complexity index is 554. The fourth-order valence-corrected chi connectivity index (χ4v) is 2.27. The summed E-state index contributed by atoms with van der Waals surface area (Å²) in [5, 5.41) is 9.17. The van der Waals surface area contributed by atoms with Crippen molar-refractivity contribution in [3.8, 4) is 5.75 Å². The number of hydrogen-bond acceptors (Lipinski definition) is 5. The topological polar surface area (TPSA) is 101 Å². The van der Waals surface area contributed by atoms with E-state index in [9.17, 15) is 18.3 Å². The summed E-state index contributed by atoms with van der Waals surface area (Å²) in [6.45, 7) is 0.126.